The van der Waals surface area contributed by atoms with Gasteiger partial charge in [0.05, 0.1) is 19.8 Å². The minimum atomic E-state index is -0.476. The van der Waals surface area contributed by atoms with Crippen LogP contribution in [-0.4, -0.2) is 62.5 Å². The first-order valence-electron chi connectivity index (χ1n) is 6.15. The molecule has 2 aliphatic heterocycles. The van der Waals surface area contributed by atoms with Crippen molar-refractivity contribution in [2.24, 2.45) is 0 Å². The van der Waals surface area contributed by atoms with Gasteiger partial charge in [0.15, 0.2) is 5.79 Å². The summed E-state index contributed by atoms with van der Waals surface area (Å²) in [7, 11) is 1.47. The zero-order valence-corrected chi connectivity index (χ0v) is 10.5. The lowest BCUT2D eigenvalue weighted by Gasteiger charge is -2.37. The maximum Gasteiger partial charge on any atom is 0.321 e. The summed E-state index contributed by atoms with van der Waals surface area (Å²) >= 11 is 0. The molecule has 2 saturated heterocycles. The molecule has 2 heterocycles. The van der Waals surface area contributed by atoms with Crippen LogP contribution < -0.4 is 10.6 Å². The maximum atomic E-state index is 11.5. The van der Waals surface area contributed by atoms with Crippen LogP contribution in [0.3, 0.4) is 0 Å². The van der Waals surface area contributed by atoms with E-state index in [4.69, 9.17) is 9.47 Å². The Bertz CT molecular complexity index is 318. The predicted molar refractivity (Wildman–Crippen MR) is 62.9 cm³/mol. The van der Waals surface area contributed by atoms with Gasteiger partial charge in [0.2, 0.25) is 5.91 Å². The van der Waals surface area contributed by atoms with Crippen LogP contribution in [0.4, 0.5) is 4.79 Å². The van der Waals surface area contributed by atoms with Gasteiger partial charge in [0, 0.05) is 33.0 Å². The molecule has 1 spiro atoms. The fourth-order valence-electron chi connectivity index (χ4n) is 2.27. The van der Waals surface area contributed by atoms with E-state index in [1.54, 1.807) is 0 Å². The Balaban J connectivity index is 1.73. The van der Waals surface area contributed by atoms with Crippen molar-refractivity contribution in [3.8, 4) is 0 Å². The summed E-state index contributed by atoms with van der Waals surface area (Å²) in [4.78, 5) is 24.5. The van der Waals surface area contributed by atoms with Gasteiger partial charge in [-0.2, -0.15) is 0 Å². The normalized spacial score (nSPS) is 22.9. The van der Waals surface area contributed by atoms with Crippen molar-refractivity contribution in [1.29, 1.82) is 0 Å². The summed E-state index contributed by atoms with van der Waals surface area (Å²) in [5.41, 5.74) is 0. The molecule has 0 aromatic heterocycles. The van der Waals surface area contributed by atoms with Crippen LogP contribution in [0.5, 0.6) is 0 Å². The SMILES string of the molecule is CNC(=O)NC(=O)CN1CCC2(CC1)OCCO2. The molecule has 2 N–H and O–H groups in total. The number of urea groups is 1. The fourth-order valence-corrected chi connectivity index (χ4v) is 2.27. The lowest BCUT2D eigenvalue weighted by Crippen LogP contribution is -2.49. The van der Waals surface area contributed by atoms with E-state index in [1.807, 2.05) is 4.90 Å². The molecule has 2 aliphatic rings. The van der Waals surface area contributed by atoms with Crippen molar-refractivity contribution in [2.45, 2.75) is 18.6 Å². The highest BCUT2D eigenvalue weighted by Crippen LogP contribution is 2.30. The molecule has 18 heavy (non-hydrogen) atoms. The Kier molecular flexibility index (Phi) is 4.15. The Morgan fingerprint density at radius 2 is 1.83 bits per heavy atom. The maximum absolute atomic E-state index is 11.5. The molecule has 0 bridgehead atoms. The van der Waals surface area contributed by atoms with Crippen molar-refractivity contribution in [2.75, 3.05) is 39.9 Å². The molecule has 0 aromatic carbocycles. The van der Waals surface area contributed by atoms with E-state index in [0.717, 1.165) is 25.9 Å². The molecular weight excluding hydrogens is 238 g/mol. The first kappa shape index (κ1) is 13.3. The van der Waals surface area contributed by atoms with Gasteiger partial charge >= 0.3 is 6.03 Å². The Hall–Kier alpha value is -1.18. The van der Waals surface area contributed by atoms with Gasteiger partial charge in [-0.25, -0.2) is 4.79 Å². The number of piperidine rings is 1. The standard InChI is InChI=1S/C11H19N3O4/c1-12-10(16)13-9(15)8-14-4-2-11(3-5-14)17-6-7-18-11/h2-8H2,1H3,(H2,12,13,15,16). The molecule has 2 rings (SSSR count). The highest BCUT2D eigenvalue weighted by Gasteiger charge is 2.39. The van der Waals surface area contributed by atoms with Crippen LogP contribution in [0.25, 0.3) is 0 Å². The number of rotatable bonds is 2. The molecule has 0 saturated carbocycles. The average Bonchev–Trinajstić information content (AvgIpc) is 2.81. The van der Waals surface area contributed by atoms with Crippen LogP contribution in [0.15, 0.2) is 0 Å². The van der Waals surface area contributed by atoms with Gasteiger partial charge in [0.25, 0.3) is 0 Å². The van der Waals surface area contributed by atoms with Gasteiger partial charge in [0.1, 0.15) is 0 Å². The summed E-state index contributed by atoms with van der Waals surface area (Å²) < 4.78 is 11.2. The van der Waals surface area contributed by atoms with E-state index >= 15 is 0 Å². The van der Waals surface area contributed by atoms with E-state index in [9.17, 15) is 9.59 Å². The lowest BCUT2D eigenvalue weighted by molar-refractivity contribution is -0.185. The topological polar surface area (TPSA) is 79.9 Å². The number of nitrogens with one attached hydrogen (secondary N) is 2. The Morgan fingerprint density at radius 3 is 2.39 bits per heavy atom. The number of imide groups is 1. The summed E-state index contributed by atoms with van der Waals surface area (Å²) in [6, 6.07) is -0.476. The average molecular weight is 257 g/mol. The van der Waals surface area contributed by atoms with Crippen LogP contribution >= 0.6 is 0 Å². The summed E-state index contributed by atoms with van der Waals surface area (Å²) in [5.74, 6) is -0.716. The molecule has 3 amide bonds. The summed E-state index contributed by atoms with van der Waals surface area (Å²) in [6.07, 6.45) is 1.53. The van der Waals surface area contributed by atoms with E-state index in [1.165, 1.54) is 7.05 Å². The number of nitrogens with zero attached hydrogens (tertiary/aromatic N) is 1. The van der Waals surface area contributed by atoms with Crippen LogP contribution in [-0.2, 0) is 14.3 Å². The van der Waals surface area contributed by atoms with Gasteiger partial charge in [-0.1, -0.05) is 0 Å². The molecule has 0 unspecified atom stereocenters. The number of hydrogen-bond acceptors (Lipinski definition) is 5. The molecule has 0 radical (unpaired) electrons. The van der Waals surface area contributed by atoms with E-state index in [0.29, 0.717) is 13.2 Å². The Labute approximate surface area is 106 Å². The number of carbonyl (C=O) groups excluding carboxylic acids is 2. The number of carbonyl (C=O) groups is 2. The number of amides is 3. The van der Waals surface area contributed by atoms with Crippen molar-refractivity contribution in [1.82, 2.24) is 15.5 Å². The third-order valence-electron chi connectivity index (χ3n) is 3.28. The molecule has 0 atom stereocenters. The highest BCUT2D eigenvalue weighted by molar-refractivity contribution is 5.95. The molecule has 0 aromatic rings. The van der Waals surface area contributed by atoms with Crippen LogP contribution in [0.2, 0.25) is 0 Å². The highest BCUT2D eigenvalue weighted by atomic mass is 16.7. The first-order chi connectivity index (χ1) is 8.63. The van der Waals surface area contributed by atoms with Gasteiger partial charge in [-0.15, -0.1) is 0 Å². The summed E-state index contributed by atoms with van der Waals surface area (Å²) in [6.45, 7) is 3.00. The third kappa shape index (κ3) is 3.18. The number of hydrogen-bond donors (Lipinski definition) is 2. The second-order valence-electron chi connectivity index (χ2n) is 4.51. The van der Waals surface area contributed by atoms with Crippen molar-refractivity contribution in [3.05, 3.63) is 0 Å². The Morgan fingerprint density at radius 1 is 1.22 bits per heavy atom. The van der Waals surface area contributed by atoms with E-state index in [2.05, 4.69) is 10.6 Å². The number of ether oxygens (including phenoxy) is 2. The second-order valence-corrected chi connectivity index (χ2v) is 4.51. The second kappa shape index (κ2) is 5.64. The molecule has 0 aliphatic carbocycles. The lowest BCUT2D eigenvalue weighted by atomic mass is 10.0. The number of likely N-dealkylation sites (tertiary alicyclic amines) is 1. The van der Waals surface area contributed by atoms with Crippen molar-refractivity contribution in [3.63, 3.8) is 0 Å². The molecule has 2 fully saturated rings. The van der Waals surface area contributed by atoms with E-state index in [-0.39, 0.29) is 12.5 Å². The van der Waals surface area contributed by atoms with E-state index < -0.39 is 11.8 Å². The third-order valence-corrected chi connectivity index (χ3v) is 3.28. The van der Waals surface area contributed by atoms with Crippen LogP contribution in [0, 0.1) is 0 Å². The molecule has 102 valence electrons. The minimum Gasteiger partial charge on any atom is -0.347 e. The monoisotopic (exact) mass is 257 g/mol. The minimum absolute atomic E-state index is 0.226. The zero-order chi connectivity index (χ0) is 13.0. The molecule has 7 nitrogen and oxygen atoms in total. The predicted octanol–water partition coefficient (Wildman–Crippen LogP) is -0.719. The zero-order valence-electron chi connectivity index (χ0n) is 10.5. The smallest absolute Gasteiger partial charge is 0.321 e. The fraction of sp³-hybridized carbons (Fsp3) is 0.818. The molecular formula is C11H19N3O4. The largest absolute Gasteiger partial charge is 0.347 e. The van der Waals surface area contributed by atoms with Gasteiger partial charge < -0.3 is 14.8 Å². The molecule has 7 heteroatoms. The van der Waals surface area contributed by atoms with Gasteiger partial charge in [-0.3, -0.25) is 15.0 Å². The quantitative estimate of drug-likeness (QED) is 0.682. The van der Waals surface area contributed by atoms with Gasteiger partial charge in [-0.05, 0) is 0 Å². The first-order valence-corrected chi connectivity index (χ1v) is 6.15. The van der Waals surface area contributed by atoms with Crippen LogP contribution in [0.1, 0.15) is 12.8 Å². The van der Waals surface area contributed by atoms with Crippen molar-refractivity contribution < 1.29 is 19.1 Å². The summed E-state index contributed by atoms with van der Waals surface area (Å²) in [5, 5.41) is 4.59. The van der Waals surface area contributed by atoms with Crippen molar-refractivity contribution >= 4 is 11.9 Å².